The van der Waals surface area contributed by atoms with Crippen molar-refractivity contribution in [1.82, 2.24) is 4.98 Å². The van der Waals surface area contributed by atoms with Gasteiger partial charge in [-0.1, -0.05) is 0 Å². The van der Waals surface area contributed by atoms with E-state index in [1.54, 1.807) is 0 Å². The molecule has 0 aliphatic rings. The van der Waals surface area contributed by atoms with Crippen LogP contribution in [-0.2, 0) is 10.9 Å². The van der Waals surface area contributed by atoms with Gasteiger partial charge in [-0.05, 0) is 6.92 Å². The van der Waals surface area contributed by atoms with E-state index in [1.165, 1.54) is 6.92 Å². The number of aromatic nitrogens is 1. The number of methoxy groups -OCH3 is 1. The van der Waals surface area contributed by atoms with Crippen molar-refractivity contribution in [3.63, 3.8) is 0 Å². The largest absolute Gasteiger partial charge is 0.492 e. The summed E-state index contributed by atoms with van der Waals surface area (Å²) < 4.78 is 73.8. The van der Waals surface area contributed by atoms with Gasteiger partial charge in [-0.25, -0.2) is 23.4 Å². The Morgan fingerprint density at radius 3 is 2.17 bits per heavy atom. The van der Waals surface area contributed by atoms with E-state index >= 15 is 0 Å². The number of ether oxygens (including phenoxy) is 2. The van der Waals surface area contributed by atoms with Crippen molar-refractivity contribution < 1.29 is 46.1 Å². The second-order valence-corrected chi connectivity index (χ2v) is 3.95. The number of halogens is 5. The molecule has 0 spiro atoms. The van der Waals surface area contributed by atoms with Crippen molar-refractivity contribution >= 4 is 11.9 Å². The third kappa shape index (κ3) is 3.66. The highest BCUT2D eigenvalue weighted by Gasteiger charge is 2.43. The van der Waals surface area contributed by atoms with Gasteiger partial charge in [0.15, 0.2) is 11.4 Å². The minimum Gasteiger partial charge on any atom is -0.492 e. The molecule has 0 saturated heterocycles. The lowest BCUT2D eigenvalue weighted by Crippen LogP contribution is -2.22. The van der Waals surface area contributed by atoms with Gasteiger partial charge in [-0.15, -0.1) is 0 Å². The van der Waals surface area contributed by atoms with E-state index < -0.39 is 52.8 Å². The molecule has 0 bridgehead atoms. The number of carbonyl (C=O) groups excluding carboxylic acids is 1. The van der Waals surface area contributed by atoms with Gasteiger partial charge in [0.1, 0.15) is 16.8 Å². The van der Waals surface area contributed by atoms with Crippen molar-refractivity contribution in [2.24, 2.45) is 0 Å². The van der Waals surface area contributed by atoms with E-state index in [2.05, 4.69) is 9.72 Å². The first-order valence-electron chi connectivity index (χ1n) is 5.93. The van der Waals surface area contributed by atoms with Crippen molar-refractivity contribution in [3.05, 3.63) is 22.5 Å². The summed E-state index contributed by atoms with van der Waals surface area (Å²) in [6, 6.07) is 0. The number of pyridine rings is 1. The monoisotopic (exact) mass is 343 g/mol. The molecule has 11 heteroatoms. The molecule has 1 aromatic rings. The van der Waals surface area contributed by atoms with E-state index in [-0.39, 0.29) is 6.61 Å². The van der Waals surface area contributed by atoms with E-state index in [9.17, 15) is 31.5 Å². The normalized spacial score (nSPS) is 11.5. The first kappa shape index (κ1) is 18.6. The van der Waals surface area contributed by atoms with Crippen LogP contribution in [0.4, 0.5) is 22.0 Å². The van der Waals surface area contributed by atoms with E-state index in [1.807, 2.05) is 0 Å². The van der Waals surface area contributed by atoms with Gasteiger partial charge in [0, 0.05) is 0 Å². The topological polar surface area (TPSA) is 85.7 Å². The van der Waals surface area contributed by atoms with Crippen LogP contribution in [0.3, 0.4) is 0 Å². The first-order valence-corrected chi connectivity index (χ1v) is 5.93. The number of rotatable bonds is 5. The fraction of sp³-hybridized carbons (Fsp3) is 0.417. The SMILES string of the molecule is CCOc1c(C(=O)OC)c(C(F)F)nc(C(F)(F)F)c1C(=O)O. The highest BCUT2D eigenvalue weighted by atomic mass is 19.4. The minimum absolute atomic E-state index is 0.381. The molecule has 0 unspecified atom stereocenters. The Hall–Kier alpha value is -2.46. The second kappa shape index (κ2) is 6.75. The summed E-state index contributed by atoms with van der Waals surface area (Å²) in [6.07, 6.45) is -8.94. The molecule has 23 heavy (non-hydrogen) atoms. The Morgan fingerprint density at radius 1 is 1.26 bits per heavy atom. The predicted molar refractivity (Wildman–Crippen MR) is 63.7 cm³/mol. The van der Waals surface area contributed by atoms with Crippen molar-refractivity contribution in [3.8, 4) is 5.75 Å². The molecule has 0 atom stereocenters. The lowest BCUT2D eigenvalue weighted by molar-refractivity contribution is -0.142. The number of carboxylic acids is 1. The van der Waals surface area contributed by atoms with E-state index in [4.69, 9.17) is 9.84 Å². The van der Waals surface area contributed by atoms with Gasteiger partial charge in [-0.2, -0.15) is 13.2 Å². The van der Waals surface area contributed by atoms with Gasteiger partial charge < -0.3 is 14.6 Å². The Bertz CT molecular complexity index is 629. The fourth-order valence-electron chi connectivity index (χ4n) is 1.73. The minimum atomic E-state index is -5.35. The maximum Gasteiger partial charge on any atom is 0.434 e. The Morgan fingerprint density at radius 2 is 1.83 bits per heavy atom. The summed E-state index contributed by atoms with van der Waals surface area (Å²) in [5.41, 5.74) is -6.35. The van der Waals surface area contributed by atoms with Gasteiger partial charge in [0.2, 0.25) is 0 Å². The van der Waals surface area contributed by atoms with Crippen LogP contribution < -0.4 is 4.74 Å². The number of esters is 1. The number of carboxylic acid groups (broad SMARTS) is 1. The van der Waals surface area contributed by atoms with Crippen LogP contribution in [0.25, 0.3) is 0 Å². The van der Waals surface area contributed by atoms with E-state index in [0.717, 1.165) is 7.11 Å². The number of alkyl halides is 5. The maximum absolute atomic E-state index is 13.0. The molecule has 1 rings (SSSR count). The van der Waals surface area contributed by atoms with E-state index in [0.29, 0.717) is 0 Å². The van der Waals surface area contributed by atoms with Gasteiger partial charge in [0.05, 0.1) is 13.7 Å². The summed E-state index contributed by atoms with van der Waals surface area (Å²) in [4.78, 5) is 25.4. The number of hydrogen-bond acceptors (Lipinski definition) is 5. The smallest absolute Gasteiger partial charge is 0.434 e. The van der Waals surface area contributed by atoms with Crippen LogP contribution >= 0.6 is 0 Å². The van der Waals surface area contributed by atoms with Gasteiger partial charge in [0.25, 0.3) is 6.43 Å². The lowest BCUT2D eigenvalue weighted by Gasteiger charge is -2.19. The molecule has 0 aliphatic heterocycles. The Labute approximate surface area is 125 Å². The van der Waals surface area contributed by atoms with Crippen LogP contribution in [0.2, 0.25) is 0 Å². The Kier molecular flexibility index (Phi) is 5.46. The summed E-state index contributed by atoms with van der Waals surface area (Å²) >= 11 is 0. The molecule has 6 nitrogen and oxygen atoms in total. The number of nitrogens with zero attached hydrogens (tertiary/aromatic N) is 1. The molecule has 0 amide bonds. The van der Waals surface area contributed by atoms with Crippen molar-refractivity contribution in [2.75, 3.05) is 13.7 Å². The predicted octanol–water partition coefficient (Wildman–Crippen LogP) is 2.92. The summed E-state index contributed by atoms with van der Waals surface area (Å²) in [5.74, 6) is -4.80. The fourth-order valence-corrected chi connectivity index (χ4v) is 1.73. The maximum atomic E-state index is 13.0. The lowest BCUT2D eigenvalue weighted by atomic mass is 10.0. The number of hydrogen-bond donors (Lipinski definition) is 1. The summed E-state index contributed by atoms with van der Waals surface area (Å²) in [5, 5.41) is 8.99. The molecule has 1 aromatic heterocycles. The zero-order valence-electron chi connectivity index (χ0n) is 11.7. The quantitative estimate of drug-likeness (QED) is 0.654. The molecule has 1 heterocycles. The average molecular weight is 343 g/mol. The first-order chi connectivity index (χ1) is 10.6. The molecular weight excluding hydrogens is 333 g/mol. The highest BCUT2D eigenvalue weighted by molar-refractivity contribution is 6.01. The van der Waals surface area contributed by atoms with Crippen LogP contribution in [0.5, 0.6) is 5.75 Å². The van der Waals surface area contributed by atoms with Crippen LogP contribution in [0.1, 0.15) is 45.5 Å². The standard InChI is InChI=1S/C12H10F5NO5/c1-3-23-7-4(11(21)22-2)6(9(13)14)18-8(12(15,16)17)5(7)10(19)20/h9H,3H2,1-2H3,(H,19,20). The summed E-state index contributed by atoms with van der Waals surface area (Å²) in [6.45, 7) is 0.886. The van der Waals surface area contributed by atoms with Crippen LogP contribution in [0, 0.1) is 0 Å². The molecule has 0 radical (unpaired) electrons. The number of aromatic carboxylic acids is 1. The van der Waals surface area contributed by atoms with Crippen LogP contribution in [0.15, 0.2) is 0 Å². The zero-order chi connectivity index (χ0) is 17.9. The summed E-state index contributed by atoms with van der Waals surface area (Å²) in [7, 11) is 0.783. The third-order valence-electron chi connectivity index (χ3n) is 2.55. The van der Waals surface area contributed by atoms with Crippen molar-refractivity contribution in [2.45, 2.75) is 19.5 Å². The molecule has 0 fully saturated rings. The molecular formula is C12H10F5NO5. The van der Waals surface area contributed by atoms with Crippen molar-refractivity contribution in [1.29, 1.82) is 0 Å². The Balaban J connectivity index is 3.99. The average Bonchev–Trinajstić information content (AvgIpc) is 2.44. The zero-order valence-corrected chi connectivity index (χ0v) is 11.7. The second-order valence-electron chi connectivity index (χ2n) is 3.95. The molecule has 0 saturated carbocycles. The molecule has 0 aromatic carbocycles. The van der Waals surface area contributed by atoms with Gasteiger partial charge in [-0.3, -0.25) is 0 Å². The number of carbonyl (C=O) groups is 2. The molecule has 0 aliphatic carbocycles. The highest BCUT2D eigenvalue weighted by Crippen LogP contribution is 2.40. The van der Waals surface area contributed by atoms with Crippen LogP contribution in [-0.4, -0.2) is 35.7 Å². The van der Waals surface area contributed by atoms with Gasteiger partial charge >= 0.3 is 18.1 Å². The molecule has 1 N–H and O–H groups in total. The molecule has 128 valence electrons. The third-order valence-corrected chi connectivity index (χ3v) is 2.55.